The number of hydrogen-bond donors (Lipinski definition) is 1. The molecule has 1 N–H and O–H groups in total. The van der Waals surface area contributed by atoms with E-state index in [1.807, 2.05) is 0 Å². The molecule has 2 aliphatic carbocycles. The number of rotatable bonds is 6. The van der Waals surface area contributed by atoms with Crippen molar-refractivity contribution in [3.05, 3.63) is 0 Å². The summed E-state index contributed by atoms with van der Waals surface area (Å²) >= 11 is 0. The molecular formula is C16H28N2O2. The van der Waals surface area contributed by atoms with Gasteiger partial charge in [-0.25, -0.2) is 0 Å². The van der Waals surface area contributed by atoms with Gasteiger partial charge >= 0.3 is 0 Å². The van der Waals surface area contributed by atoms with Crippen molar-refractivity contribution >= 4 is 11.7 Å². The minimum Gasteiger partial charge on any atom is -0.355 e. The zero-order valence-corrected chi connectivity index (χ0v) is 13.0. The molecule has 2 aliphatic rings. The molecule has 0 saturated heterocycles. The quantitative estimate of drug-likeness (QED) is 0.807. The molecule has 0 radical (unpaired) electrons. The van der Waals surface area contributed by atoms with E-state index in [2.05, 4.69) is 31.0 Å². The normalized spacial score (nSPS) is 29.2. The van der Waals surface area contributed by atoms with E-state index in [0.717, 1.165) is 38.8 Å². The molecule has 0 heterocycles. The lowest BCUT2D eigenvalue weighted by atomic mass is 9.79. The molecule has 2 atom stereocenters. The second kappa shape index (κ2) is 6.70. The van der Waals surface area contributed by atoms with Crippen LogP contribution in [-0.4, -0.2) is 42.3 Å². The summed E-state index contributed by atoms with van der Waals surface area (Å²) in [6.07, 6.45) is 3.57. The maximum Gasteiger partial charge on any atom is 0.223 e. The van der Waals surface area contributed by atoms with Crippen LogP contribution in [0.5, 0.6) is 0 Å². The van der Waals surface area contributed by atoms with Crippen LogP contribution in [-0.2, 0) is 9.59 Å². The van der Waals surface area contributed by atoms with Crippen LogP contribution in [0.2, 0.25) is 0 Å². The predicted octanol–water partition coefficient (Wildman–Crippen LogP) is 1.84. The Morgan fingerprint density at radius 3 is 2.40 bits per heavy atom. The third-order valence-corrected chi connectivity index (χ3v) is 5.01. The summed E-state index contributed by atoms with van der Waals surface area (Å²) in [5.74, 6) is 0.999. The molecule has 2 fully saturated rings. The first kappa shape index (κ1) is 15.5. The zero-order chi connectivity index (χ0) is 14.7. The van der Waals surface area contributed by atoms with Crippen LogP contribution >= 0.6 is 0 Å². The molecule has 4 heteroatoms. The molecule has 0 aliphatic heterocycles. The fraction of sp³-hybridized carbons (Fsp3) is 0.875. The summed E-state index contributed by atoms with van der Waals surface area (Å²) in [5.41, 5.74) is 0. The Morgan fingerprint density at radius 1 is 1.30 bits per heavy atom. The predicted molar refractivity (Wildman–Crippen MR) is 79.3 cm³/mol. The number of ketones is 1. The number of nitrogens with one attached hydrogen (secondary N) is 1. The third kappa shape index (κ3) is 3.40. The fourth-order valence-electron chi connectivity index (χ4n) is 3.73. The van der Waals surface area contributed by atoms with Gasteiger partial charge in [-0.3, -0.25) is 14.5 Å². The van der Waals surface area contributed by atoms with Crippen LogP contribution in [0.15, 0.2) is 0 Å². The molecule has 114 valence electrons. The van der Waals surface area contributed by atoms with Gasteiger partial charge in [-0.15, -0.1) is 0 Å². The lowest BCUT2D eigenvalue weighted by molar-refractivity contribution is -0.132. The average Bonchev–Trinajstić information content (AvgIpc) is 2.65. The van der Waals surface area contributed by atoms with E-state index in [9.17, 15) is 9.59 Å². The minimum absolute atomic E-state index is 0.0688. The van der Waals surface area contributed by atoms with Crippen LogP contribution < -0.4 is 5.32 Å². The van der Waals surface area contributed by atoms with Crippen LogP contribution in [0.3, 0.4) is 0 Å². The van der Waals surface area contributed by atoms with Gasteiger partial charge in [-0.2, -0.15) is 0 Å². The fourth-order valence-corrected chi connectivity index (χ4v) is 3.73. The summed E-state index contributed by atoms with van der Waals surface area (Å²) in [7, 11) is 0. The molecule has 2 saturated carbocycles. The second-order valence-corrected chi connectivity index (χ2v) is 6.56. The molecule has 0 aromatic heterocycles. The van der Waals surface area contributed by atoms with Crippen molar-refractivity contribution in [1.82, 2.24) is 10.2 Å². The van der Waals surface area contributed by atoms with Gasteiger partial charge in [0.2, 0.25) is 5.91 Å². The molecule has 0 spiro atoms. The van der Waals surface area contributed by atoms with E-state index in [4.69, 9.17) is 0 Å². The summed E-state index contributed by atoms with van der Waals surface area (Å²) in [6, 6.07) is 0.514. The summed E-state index contributed by atoms with van der Waals surface area (Å²) in [6.45, 7) is 9.12. The van der Waals surface area contributed by atoms with E-state index in [1.165, 1.54) is 0 Å². The highest BCUT2D eigenvalue weighted by molar-refractivity contribution is 5.89. The molecule has 20 heavy (non-hydrogen) atoms. The number of carbonyl (C=O) groups excluding carboxylic acids is 2. The van der Waals surface area contributed by atoms with Crippen LogP contribution in [0.25, 0.3) is 0 Å². The van der Waals surface area contributed by atoms with Gasteiger partial charge in [0.05, 0.1) is 0 Å². The van der Waals surface area contributed by atoms with E-state index >= 15 is 0 Å². The number of Topliss-reactive ketones (excluding diaryl/α,β-unsaturated/α-hetero) is 1. The number of carbonyl (C=O) groups is 2. The lowest BCUT2D eigenvalue weighted by Gasteiger charge is -2.27. The zero-order valence-electron chi connectivity index (χ0n) is 13.0. The van der Waals surface area contributed by atoms with Gasteiger partial charge in [0.25, 0.3) is 0 Å². The summed E-state index contributed by atoms with van der Waals surface area (Å²) < 4.78 is 0. The summed E-state index contributed by atoms with van der Waals surface area (Å²) in [5, 5.41) is 3.06. The average molecular weight is 280 g/mol. The molecule has 2 rings (SSSR count). The molecule has 1 amide bonds. The van der Waals surface area contributed by atoms with Gasteiger partial charge in [-0.1, -0.05) is 6.92 Å². The first-order valence-electron chi connectivity index (χ1n) is 8.08. The number of likely N-dealkylation sites (N-methyl/N-ethyl adjacent to an activating group) is 1. The van der Waals surface area contributed by atoms with Gasteiger partial charge in [0, 0.05) is 36.9 Å². The molecule has 2 unspecified atom stereocenters. The molecule has 2 bridgehead atoms. The van der Waals surface area contributed by atoms with E-state index < -0.39 is 0 Å². The highest BCUT2D eigenvalue weighted by Gasteiger charge is 2.43. The molecular weight excluding hydrogens is 252 g/mol. The van der Waals surface area contributed by atoms with Crippen molar-refractivity contribution in [2.45, 2.75) is 52.5 Å². The molecule has 0 aromatic carbocycles. The number of fused-ring (bicyclic) bond motifs is 2. The lowest BCUT2D eigenvalue weighted by Crippen LogP contribution is -2.42. The minimum atomic E-state index is 0.0688. The highest BCUT2D eigenvalue weighted by Crippen LogP contribution is 2.41. The number of hydrogen-bond acceptors (Lipinski definition) is 3. The van der Waals surface area contributed by atoms with Crippen molar-refractivity contribution < 1.29 is 9.59 Å². The van der Waals surface area contributed by atoms with Crippen molar-refractivity contribution in [3.8, 4) is 0 Å². The van der Waals surface area contributed by atoms with Gasteiger partial charge in [0.15, 0.2) is 0 Å². The smallest absolute Gasteiger partial charge is 0.223 e. The second-order valence-electron chi connectivity index (χ2n) is 6.56. The summed E-state index contributed by atoms with van der Waals surface area (Å²) in [4.78, 5) is 26.4. The number of nitrogens with zero attached hydrogens (tertiary/aromatic N) is 1. The Balaban J connectivity index is 1.74. The SMILES string of the molecule is CCN(CCNC(=O)C1CC2CCC(C1)C2=O)C(C)C. The van der Waals surface area contributed by atoms with Crippen molar-refractivity contribution in [3.63, 3.8) is 0 Å². The Hall–Kier alpha value is -0.900. The van der Waals surface area contributed by atoms with E-state index in [-0.39, 0.29) is 23.7 Å². The van der Waals surface area contributed by atoms with Crippen molar-refractivity contribution in [2.24, 2.45) is 17.8 Å². The van der Waals surface area contributed by atoms with Gasteiger partial charge < -0.3 is 5.32 Å². The van der Waals surface area contributed by atoms with Crippen molar-refractivity contribution in [2.75, 3.05) is 19.6 Å². The Morgan fingerprint density at radius 2 is 1.90 bits per heavy atom. The topological polar surface area (TPSA) is 49.4 Å². The van der Waals surface area contributed by atoms with Gasteiger partial charge in [0.1, 0.15) is 5.78 Å². The maximum atomic E-state index is 12.2. The van der Waals surface area contributed by atoms with E-state index in [0.29, 0.717) is 18.4 Å². The Kier molecular flexibility index (Phi) is 5.19. The number of amides is 1. The largest absolute Gasteiger partial charge is 0.355 e. The third-order valence-electron chi connectivity index (χ3n) is 5.01. The molecule has 0 aromatic rings. The van der Waals surface area contributed by atoms with E-state index in [1.54, 1.807) is 0 Å². The maximum absolute atomic E-state index is 12.2. The van der Waals surface area contributed by atoms with Crippen LogP contribution in [0.4, 0.5) is 0 Å². The monoisotopic (exact) mass is 280 g/mol. The van der Waals surface area contributed by atoms with Gasteiger partial charge in [-0.05, 0) is 46.1 Å². The first-order chi connectivity index (χ1) is 9.52. The first-order valence-corrected chi connectivity index (χ1v) is 8.08. The Labute approximate surface area is 122 Å². The molecule has 4 nitrogen and oxygen atoms in total. The standard InChI is InChI=1S/C16H28N2O2/c1-4-18(11(2)3)8-7-17-16(20)14-9-12-5-6-13(10-14)15(12)19/h11-14H,4-10H2,1-3H3,(H,17,20). The Bertz CT molecular complexity index is 351. The highest BCUT2D eigenvalue weighted by atomic mass is 16.2. The van der Waals surface area contributed by atoms with Crippen LogP contribution in [0, 0.1) is 17.8 Å². The van der Waals surface area contributed by atoms with Crippen LogP contribution in [0.1, 0.15) is 46.5 Å². The van der Waals surface area contributed by atoms with Crippen molar-refractivity contribution in [1.29, 1.82) is 0 Å².